The Bertz CT molecular complexity index is 1160. The van der Waals surface area contributed by atoms with Crippen molar-refractivity contribution in [3.05, 3.63) is 0 Å². The van der Waals surface area contributed by atoms with Crippen molar-refractivity contribution in [1.29, 1.82) is 0 Å². The average molecular weight is 763 g/mol. The third-order valence-corrected chi connectivity index (χ3v) is 6.90. The van der Waals surface area contributed by atoms with Gasteiger partial charge in [-0.15, -0.1) is 0 Å². The van der Waals surface area contributed by atoms with Gasteiger partial charge in [0.2, 0.25) is 0 Å². The van der Waals surface area contributed by atoms with Crippen LogP contribution < -0.4 is 0 Å². The van der Waals surface area contributed by atoms with E-state index >= 15 is 0 Å². The van der Waals surface area contributed by atoms with Gasteiger partial charge in [0.25, 0.3) is 0 Å². The largest absolute Gasteiger partial charge is 0.448 e. The summed E-state index contributed by atoms with van der Waals surface area (Å²) in [7, 11) is 0. The van der Waals surface area contributed by atoms with Crippen LogP contribution in [0.3, 0.4) is 0 Å². The molecule has 18 heteroatoms. The number of amides is 6. The van der Waals surface area contributed by atoms with Crippen LogP contribution in [-0.2, 0) is 28.4 Å². The molecule has 1 saturated carbocycles. The highest BCUT2D eigenvalue weighted by Crippen LogP contribution is 2.15. The summed E-state index contributed by atoms with van der Waals surface area (Å²) in [4.78, 5) is 103. The summed E-state index contributed by atoms with van der Waals surface area (Å²) in [5, 5.41) is 0. The lowest BCUT2D eigenvalue weighted by Crippen LogP contribution is -2.52. The molecule has 0 bridgehead atoms. The van der Waals surface area contributed by atoms with Crippen molar-refractivity contribution in [3.63, 3.8) is 0 Å². The maximum Gasteiger partial charge on any atom is 0.434 e. The van der Waals surface area contributed by atoms with E-state index in [1.165, 1.54) is 0 Å². The molecular weight excluding hydrogens is 708 g/mol. The van der Waals surface area contributed by atoms with E-state index in [9.17, 15) is 28.8 Å². The van der Waals surface area contributed by atoms with Gasteiger partial charge in [-0.2, -0.15) is 30.0 Å². The molecule has 1 rings (SSSR count). The predicted octanol–water partition coefficient (Wildman–Crippen LogP) is 8.27. The van der Waals surface area contributed by atoms with Crippen molar-refractivity contribution in [1.82, 2.24) is 0 Å². The van der Waals surface area contributed by atoms with E-state index in [4.69, 9.17) is 28.4 Å². The monoisotopic (exact) mass is 762 g/mol. The molecule has 0 radical (unpaired) electrons. The fourth-order valence-electron chi connectivity index (χ4n) is 3.87. The molecule has 0 aliphatic heterocycles. The van der Waals surface area contributed by atoms with E-state index in [1.807, 2.05) is 41.5 Å². The predicted molar refractivity (Wildman–Crippen MR) is 202 cm³/mol. The first-order valence-corrected chi connectivity index (χ1v) is 18.6. The van der Waals surface area contributed by atoms with Gasteiger partial charge in [-0.3, -0.25) is 0 Å². The van der Waals surface area contributed by atoms with Crippen molar-refractivity contribution in [2.45, 2.75) is 119 Å². The quantitative estimate of drug-likeness (QED) is 0.0948. The number of rotatable bonds is 18. The maximum atomic E-state index is 13.2. The Morgan fingerprint density at radius 2 is 0.426 bits per heavy atom. The van der Waals surface area contributed by atoms with Crippen LogP contribution >= 0.6 is 0 Å². The third-order valence-electron chi connectivity index (χ3n) is 6.90. The molecule has 54 heavy (non-hydrogen) atoms. The summed E-state index contributed by atoms with van der Waals surface area (Å²) in [6.07, 6.45) is -0.581. The summed E-state index contributed by atoms with van der Waals surface area (Å²) in [5.74, 6) is 0. The van der Waals surface area contributed by atoms with Crippen LogP contribution in [0, 0.1) is 0 Å². The van der Waals surface area contributed by atoms with Gasteiger partial charge >= 0.3 is 36.6 Å². The molecule has 0 aromatic heterocycles. The van der Waals surface area contributed by atoms with Crippen LogP contribution in [0.5, 0.6) is 0 Å². The normalized spacial score (nSPS) is 12.3. The number of aliphatic imine (C=N–C) groups is 6. The summed E-state index contributed by atoms with van der Waals surface area (Å²) < 4.78 is 31.3. The topological polar surface area (TPSA) is 232 Å². The first-order valence-electron chi connectivity index (χ1n) is 18.6. The average Bonchev–Trinajstić information content (AvgIpc) is 3.13. The van der Waals surface area contributed by atoms with Crippen molar-refractivity contribution >= 4 is 70.8 Å². The first kappa shape index (κ1) is 46.9. The number of hydrogen-bond donors (Lipinski definition) is 0. The Morgan fingerprint density at radius 1 is 0.296 bits per heavy atom. The molecule has 0 aromatic rings. The molecule has 0 aromatic carbocycles. The van der Waals surface area contributed by atoms with E-state index in [2.05, 4.69) is 30.0 Å². The van der Waals surface area contributed by atoms with Crippen LogP contribution in [0.1, 0.15) is 119 Å². The zero-order valence-electron chi connectivity index (χ0n) is 32.3. The SMILES string of the molecule is CCCCOC(=O)N=C1C(=NC(=O)OCCCC)C(=NC(=O)OCCCC)C(=NC(=O)OCCCC)C(=NC(=O)OCCCC)C1=NC(=O)OCCCC. The smallest absolute Gasteiger partial charge is 0.434 e. The van der Waals surface area contributed by atoms with E-state index in [-0.39, 0.29) is 39.6 Å². The second-order valence-electron chi connectivity index (χ2n) is 11.6. The number of hydrogen-bond acceptors (Lipinski definition) is 12. The van der Waals surface area contributed by atoms with Crippen LogP contribution in [0.2, 0.25) is 0 Å². The highest BCUT2D eigenvalue weighted by Gasteiger charge is 2.42. The van der Waals surface area contributed by atoms with Crippen molar-refractivity contribution in [2.24, 2.45) is 30.0 Å². The van der Waals surface area contributed by atoms with Gasteiger partial charge in [-0.25, -0.2) is 28.8 Å². The van der Waals surface area contributed by atoms with Crippen LogP contribution in [0.4, 0.5) is 28.8 Å². The lowest BCUT2D eigenvalue weighted by atomic mass is 9.87. The van der Waals surface area contributed by atoms with Crippen molar-refractivity contribution < 1.29 is 57.2 Å². The fourth-order valence-corrected chi connectivity index (χ4v) is 3.87. The zero-order chi connectivity index (χ0) is 40.1. The van der Waals surface area contributed by atoms with Gasteiger partial charge in [0.05, 0.1) is 39.6 Å². The summed E-state index contributed by atoms with van der Waals surface area (Å²) in [6.45, 7) is 10.8. The second kappa shape index (κ2) is 28.4. The minimum Gasteiger partial charge on any atom is -0.448 e. The zero-order valence-corrected chi connectivity index (χ0v) is 32.3. The molecule has 300 valence electrons. The van der Waals surface area contributed by atoms with Gasteiger partial charge in [-0.1, -0.05) is 80.1 Å². The third kappa shape index (κ3) is 18.6. The Kier molecular flexibility index (Phi) is 24.6. The number of unbranched alkanes of at least 4 members (excludes halogenated alkanes) is 6. The number of carbonyl (C=O) groups excluding carboxylic acids is 6. The highest BCUT2D eigenvalue weighted by molar-refractivity contribution is 7.13. The minimum absolute atomic E-state index is 0.0606. The lowest BCUT2D eigenvalue weighted by molar-refractivity contribution is 0.154. The number of carbonyl (C=O) groups is 6. The maximum absolute atomic E-state index is 13.2. The molecule has 0 atom stereocenters. The van der Waals surface area contributed by atoms with Gasteiger partial charge < -0.3 is 28.4 Å². The molecule has 1 aliphatic rings. The summed E-state index contributed by atoms with van der Waals surface area (Å²) in [6, 6.07) is 0. The highest BCUT2D eigenvalue weighted by atomic mass is 16.6. The summed E-state index contributed by atoms with van der Waals surface area (Å²) in [5.41, 5.74) is -4.28. The molecule has 1 aliphatic carbocycles. The molecule has 6 amide bonds. The van der Waals surface area contributed by atoms with Crippen molar-refractivity contribution in [2.75, 3.05) is 39.6 Å². The second-order valence-corrected chi connectivity index (χ2v) is 11.6. The molecule has 0 saturated heterocycles. The summed E-state index contributed by atoms with van der Waals surface area (Å²) >= 11 is 0. The van der Waals surface area contributed by atoms with E-state index in [1.54, 1.807) is 0 Å². The molecule has 0 unspecified atom stereocenters. The van der Waals surface area contributed by atoms with Crippen LogP contribution in [-0.4, -0.2) is 110 Å². The molecular formula is C36H54N6O12. The minimum atomic E-state index is -1.23. The molecule has 18 nitrogen and oxygen atoms in total. The van der Waals surface area contributed by atoms with Gasteiger partial charge in [-0.05, 0) is 38.5 Å². The fraction of sp³-hybridized carbons (Fsp3) is 0.667. The molecule has 0 spiro atoms. The lowest BCUT2D eigenvalue weighted by Gasteiger charge is -2.22. The van der Waals surface area contributed by atoms with Crippen LogP contribution in [0.25, 0.3) is 0 Å². The number of ether oxygens (including phenoxy) is 6. The van der Waals surface area contributed by atoms with E-state index < -0.39 is 70.8 Å². The Hall–Kier alpha value is -5.16. The van der Waals surface area contributed by atoms with Crippen LogP contribution in [0.15, 0.2) is 30.0 Å². The van der Waals surface area contributed by atoms with Crippen molar-refractivity contribution in [3.8, 4) is 0 Å². The first-order chi connectivity index (χ1) is 26.1. The van der Waals surface area contributed by atoms with E-state index in [0.717, 1.165) is 0 Å². The number of nitrogens with zero attached hydrogens (tertiary/aromatic N) is 6. The van der Waals surface area contributed by atoms with Gasteiger partial charge in [0.1, 0.15) is 34.3 Å². The van der Waals surface area contributed by atoms with Gasteiger partial charge in [0.15, 0.2) is 0 Å². The van der Waals surface area contributed by atoms with Gasteiger partial charge in [0, 0.05) is 0 Å². The standard InChI is InChI=1S/C36H54N6O12/c1-7-13-19-49-31(43)37-25-26(38-32(44)50-20-14-8-2)28(40-34(46)52-22-16-10-4)30(42-36(48)54-24-18-12-6)29(41-35(47)53-23-17-11-5)27(25)39-33(45)51-21-15-9-3/h7-24H2,1-6H3. The molecule has 0 heterocycles. The Balaban J connectivity index is 4.44. The molecule has 0 N–H and O–H groups in total. The van der Waals surface area contributed by atoms with E-state index in [0.29, 0.717) is 77.0 Å². The Labute approximate surface area is 316 Å². The molecule has 1 fully saturated rings. The Morgan fingerprint density at radius 3 is 0.537 bits per heavy atom.